The summed E-state index contributed by atoms with van der Waals surface area (Å²) in [6.45, 7) is -1.30. The SMILES string of the molecule is O=c1ccc2ccc(O[C@@H]3O[C@H](CO)[C@@](O)(C(F)(F)F)[C@H](O)[C@H]3O)cc2o1. The summed E-state index contributed by atoms with van der Waals surface area (Å²) in [6.07, 6.45) is -14.6. The molecule has 1 aromatic carbocycles. The Morgan fingerprint density at radius 1 is 1.19 bits per heavy atom. The Balaban J connectivity index is 1.89. The Morgan fingerprint density at radius 2 is 1.85 bits per heavy atom. The van der Waals surface area contributed by atoms with Gasteiger partial charge < -0.3 is 34.3 Å². The van der Waals surface area contributed by atoms with Crippen LogP contribution >= 0.6 is 0 Å². The molecule has 1 fully saturated rings. The predicted molar refractivity (Wildman–Crippen MR) is 81.9 cm³/mol. The number of rotatable bonds is 3. The smallest absolute Gasteiger partial charge is 0.422 e. The van der Waals surface area contributed by atoms with E-state index in [-0.39, 0.29) is 11.3 Å². The van der Waals surface area contributed by atoms with Gasteiger partial charge in [0.15, 0.2) is 0 Å². The first-order valence-corrected chi connectivity index (χ1v) is 7.70. The molecule has 1 aliphatic heterocycles. The number of fused-ring (bicyclic) bond motifs is 1. The third-order valence-corrected chi connectivity index (χ3v) is 4.31. The van der Waals surface area contributed by atoms with Gasteiger partial charge in [-0.2, -0.15) is 13.2 Å². The topological polar surface area (TPSA) is 130 Å². The van der Waals surface area contributed by atoms with E-state index in [1.807, 2.05) is 0 Å². The summed E-state index contributed by atoms with van der Waals surface area (Å²) < 4.78 is 54.5. The maximum absolute atomic E-state index is 13.2. The number of aliphatic hydroxyl groups is 4. The molecule has 3 rings (SSSR count). The third-order valence-electron chi connectivity index (χ3n) is 4.31. The second-order valence-corrected chi connectivity index (χ2v) is 6.01. The maximum Gasteiger partial charge on any atom is 0.422 e. The van der Waals surface area contributed by atoms with Crippen LogP contribution in [0.25, 0.3) is 11.0 Å². The van der Waals surface area contributed by atoms with Crippen LogP contribution in [-0.2, 0) is 4.74 Å². The van der Waals surface area contributed by atoms with Crippen molar-refractivity contribution in [2.24, 2.45) is 0 Å². The highest BCUT2D eigenvalue weighted by Crippen LogP contribution is 2.42. The molecule has 8 nitrogen and oxygen atoms in total. The molecule has 0 bridgehead atoms. The average molecular weight is 392 g/mol. The van der Waals surface area contributed by atoms with Crippen LogP contribution in [0.4, 0.5) is 13.2 Å². The molecule has 27 heavy (non-hydrogen) atoms. The summed E-state index contributed by atoms with van der Waals surface area (Å²) in [7, 11) is 0. The van der Waals surface area contributed by atoms with Crippen molar-refractivity contribution in [1.82, 2.24) is 0 Å². The zero-order valence-electron chi connectivity index (χ0n) is 13.5. The van der Waals surface area contributed by atoms with Gasteiger partial charge in [0.05, 0.1) is 6.61 Å². The molecule has 148 valence electrons. The average Bonchev–Trinajstić information content (AvgIpc) is 2.60. The number of halogens is 3. The van der Waals surface area contributed by atoms with Crippen LogP contribution in [0, 0.1) is 0 Å². The molecule has 0 aliphatic carbocycles. The Bertz CT molecular complexity index is 878. The second-order valence-electron chi connectivity index (χ2n) is 6.01. The van der Waals surface area contributed by atoms with Gasteiger partial charge in [-0.15, -0.1) is 0 Å². The first-order chi connectivity index (χ1) is 12.6. The molecule has 0 amide bonds. The van der Waals surface area contributed by atoms with Crippen LogP contribution in [0.5, 0.6) is 5.75 Å². The van der Waals surface area contributed by atoms with Crippen LogP contribution in [0.15, 0.2) is 39.5 Å². The summed E-state index contributed by atoms with van der Waals surface area (Å²) in [6, 6.07) is 6.75. The van der Waals surface area contributed by atoms with Crippen LogP contribution in [-0.4, -0.2) is 63.4 Å². The van der Waals surface area contributed by atoms with Crippen LogP contribution in [0.2, 0.25) is 0 Å². The van der Waals surface area contributed by atoms with Gasteiger partial charge >= 0.3 is 11.8 Å². The fraction of sp³-hybridized carbons (Fsp3) is 0.438. The molecule has 0 unspecified atom stereocenters. The van der Waals surface area contributed by atoms with Crippen molar-refractivity contribution in [2.75, 3.05) is 6.61 Å². The molecule has 1 saturated heterocycles. The number of aliphatic hydroxyl groups excluding tert-OH is 3. The Kier molecular flexibility index (Phi) is 4.91. The summed E-state index contributed by atoms with van der Waals surface area (Å²) in [5.41, 5.74) is -4.42. The molecule has 5 atom stereocenters. The normalized spacial score (nSPS) is 31.8. The molecule has 11 heteroatoms. The van der Waals surface area contributed by atoms with Gasteiger partial charge in [0.2, 0.25) is 11.9 Å². The van der Waals surface area contributed by atoms with E-state index in [0.717, 1.165) is 0 Å². The van der Waals surface area contributed by atoms with Crippen molar-refractivity contribution in [3.8, 4) is 5.75 Å². The number of ether oxygens (including phenoxy) is 2. The van der Waals surface area contributed by atoms with E-state index in [0.29, 0.717) is 5.39 Å². The lowest BCUT2D eigenvalue weighted by Gasteiger charge is -2.47. The minimum Gasteiger partial charge on any atom is -0.462 e. The minimum absolute atomic E-state index is 0.0535. The van der Waals surface area contributed by atoms with Crippen molar-refractivity contribution < 1.29 is 47.5 Å². The van der Waals surface area contributed by atoms with Gasteiger partial charge in [-0.1, -0.05) is 0 Å². The van der Waals surface area contributed by atoms with E-state index in [1.165, 1.54) is 30.3 Å². The van der Waals surface area contributed by atoms with Gasteiger partial charge in [0.25, 0.3) is 0 Å². The highest BCUT2D eigenvalue weighted by Gasteiger charge is 2.69. The van der Waals surface area contributed by atoms with Gasteiger partial charge in [-0.25, -0.2) is 4.79 Å². The second kappa shape index (κ2) is 6.77. The highest BCUT2D eigenvalue weighted by atomic mass is 19.4. The molecule has 0 saturated carbocycles. The van der Waals surface area contributed by atoms with Gasteiger partial charge in [-0.3, -0.25) is 0 Å². The highest BCUT2D eigenvalue weighted by molar-refractivity contribution is 5.77. The Labute approximate surface area is 149 Å². The Morgan fingerprint density at radius 3 is 2.48 bits per heavy atom. The first kappa shape index (κ1) is 19.6. The lowest BCUT2D eigenvalue weighted by Crippen LogP contribution is -2.73. The van der Waals surface area contributed by atoms with E-state index in [1.54, 1.807) is 0 Å². The lowest BCUT2D eigenvalue weighted by atomic mass is 9.83. The molecule has 1 aliphatic rings. The minimum atomic E-state index is -5.39. The summed E-state index contributed by atoms with van der Waals surface area (Å²) >= 11 is 0. The zero-order valence-corrected chi connectivity index (χ0v) is 13.5. The maximum atomic E-state index is 13.2. The number of benzene rings is 1. The van der Waals surface area contributed by atoms with Crippen molar-refractivity contribution in [3.05, 3.63) is 40.8 Å². The monoisotopic (exact) mass is 392 g/mol. The third kappa shape index (κ3) is 3.28. The largest absolute Gasteiger partial charge is 0.462 e. The van der Waals surface area contributed by atoms with Gasteiger partial charge in [0, 0.05) is 17.5 Å². The fourth-order valence-electron chi connectivity index (χ4n) is 2.82. The molecular weight excluding hydrogens is 377 g/mol. The van der Waals surface area contributed by atoms with E-state index >= 15 is 0 Å². The zero-order chi connectivity index (χ0) is 20.0. The molecule has 1 aromatic heterocycles. The number of hydrogen-bond acceptors (Lipinski definition) is 8. The molecule has 0 radical (unpaired) electrons. The molecule has 2 aromatic rings. The molecule has 4 N–H and O–H groups in total. The van der Waals surface area contributed by atoms with Crippen molar-refractivity contribution in [2.45, 2.75) is 36.4 Å². The number of hydrogen-bond donors (Lipinski definition) is 4. The molecular formula is C16H15F3O8. The van der Waals surface area contributed by atoms with E-state index in [4.69, 9.17) is 19.0 Å². The van der Waals surface area contributed by atoms with E-state index < -0.39 is 48.6 Å². The molecule has 0 spiro atoms. The standard InChI is InChI=1S/C16H15F3O8/c17-16(18,19)15(24)10(6-20)27-14(12(22)13(15)23)25-8-3-1-7-2-4-11(21)26-9(7)5-8/h1-5,10,12-14,20,22-24H,6H2/t10-,12-,13-,14-,15+/m1/s1. The van der Waals surface area contributed by atoms with Gasteiger partial charge in [0.1, 0.15) is 29.6 Å². The van der Waals surface area contributed by atoms with E-state index in [9.17, 15) is 33.3 Å². The summed E-state index contributed by atoms with van der Waals surface area (Å²) in [4.78, 5) is 11.3. The predicted octanol–water partition coefficient (Wildman–Crippen LogP) is -0.0958. The van der Waals surface area contributed by atoms with Crippen LogP contribution in [0.1, 0.15) is 0 Å². The van der Waals surface area contributed by atoms with Gasteiger partial charge in [-0.05, 0) is 18.2 Å². The van der Waals surface area contributed by atoms with Crippen LogP contribution < -0.4 is 10.4 Å². The van der Waals surface area contributed by atoms with E-state index in [2.05, 4.69) is 0 Å². The first-order valence-electron chi connectivity index (χ1n) is 7.70. The van der Waals surface area contributed by atoms with Crippen molar-refractivity contribution >= 4 is 11.0 Å². The molecule has 2 heterocycles. The quantitative estimate of drug-likeness (QED) is 0.533. The number of alkyl halides is 3. The van der Waals surface area contributed by atoms with Crippen molar-refractivity contribution in [3.63, 3.8) is 0 Å². The fourth-order valence-corrected chi connectivity index (χ4v) is 2.82. The van der Waals surface area contributed by atoms with Crippen LogP contribution in [0.3, 0.4) is 0 Å². The Hall–Kier alpha value is -2.18. The summed E-state index contributed by atoms with van der Waals surface area (Å²) in [5, 5.41) is 39.3. The van der Waals surface area contributed by atoms with Crippen molar-refractivity contribution in [1.29, 1.82) is 0 Å². The lowest BCUT2D eigenvalue weighted by molar-refractivity contribution is -0.387. The summed E-state index contributed by atoms with van der Waals surface area (Å²) in [5.74, 6) is -0.0535.